The van der Waals surface area contributed by atoms with Crippen LogP contribution >= 0.6 is 11.3 Å². The lowest BCUT2D eigenvalue weighted by Gasteiger charge is -2.18. The molecular formula is C26H30N2O5S. The summed E-state index contributed by atoms with van der Waals surface area (Å²) in [6.07, 6.45) is 4.25. The molecule has 0 saturated heterocycles. The van der Waals surface area contributed by atoms with Crippen LogP contribution in [0.25, 0.3) is 10.9 Å². The van der Waals surface area contributed by atoms with Crippen molar-refractivity contribution >= 4 is 45.1 Å². The van der Waals surface area contributed by atoms with Gasteiger partial charge in [0.2, 0.25) is 0 Å². The molecule has 0 aliphatic heterocycles. The van der Waals surface area contributed by atoms with E-state index in [9.17, 15) is 14.4 Å². The minimum Gasteiger partial charge on any atom is -0.462 e. The number of hydrogen-bond donors (Lipinski definition) is 2. The fourth-order valence-corrected chi connectivity index (χ4v) is 5.76. The number of thiophene rings is 1. The van der Waals surface area contributed by atoms with E-state index in [1.165, 1.54) is 11.3 Å². The Balaban J connectivity index is 1.39. The van der Waals surface area contributed by atoms with Gasteiger partial charge in [0, 0.05) is 28.4 Å². The Bertz CT molecular complexity index is 1210. The summed E-state index contributed by atoms with van der Waals surface area (Å²) in [5.74, 6) is -0.800. The first kappa shape index (κ1) is 24.0. The molecule has 0 bridgehead atoms. The van der Waals surface area contributed by atoms with Crippen LogP contribution in [0.2, 0.25) is 0 Å². The number of carbonyl (C=O) groups excluding carboxylic acids is 3. The lowest BCUT2D eigenvalue weighted by atomic mass is 9.88. The normalized spacial score (nSPS) is 16.0. The maximum Gasteiger partial charge on any atom is 0.341 e. The number of hydrogen-bond acceptors (Lipinski definition) is 6. The molecule has 1 amide bonds. The van der Waals surface area contributed by atoms with Gasteiger partial charge < -0.3 is 19.8 Å². The van der Waals surface area contributed by atoms with Gasteiger partial charge in [-0.15, -0.1) is 11.3 Å². The molecule has 0 radical (unpaired) electrons. The van der Waals surface area contributed by atoms with Gasteiger partial charge in [0.15, 0.2) is 6.10 Å². The molecule has 0 fully saturated rings. The van der Waals surface area contributed by atoms with Crippen molar-refractivity contribution in [1.29, 1.82) is 0 Å². The molecule has 2 atom stereocenters. The van der Waals surface area contributed by atoms with Gasteiger partial charge in [0.05, 0.1) is 12.2 Å². The molecule has 2 heterocycles. The van der Waals surface area contributed by atoms with E-state index in [4.69, 9.17) is 9.47 Å². The summed E-state index contributed by atoms with van der Waals surface area (Å²) in [4.78, 5) is 42.2. The highest BCUT2D eigenvalue weighted by Gasteiger charge is 2.30. The number of esters is 2. The third kappa shape index (κ3) is 5.17. The number of nitrogens with one attached hydrogen (secondary N) is 2. The van der Waals surface area contributed by atoms with Crippen LogP contribution < -0.4 is 5.32 Å². The van der Waals surface area contributed by atoms with Crippen molar-refractivity contribution in [3.05, 3.63) is 52.0 Å². The third-order valence-corrected chi connectivity index (χ3v) is 7.35. The fourth-order valence-electron chi connectivity index (χ4n) is 4.36. The Labute approximate surface area is 202 Å². The average Bonchev–Trinajstić information content (AvgIpc) is 3.38. The van der Waals surface area contributed by atoms with Gasteiger partial charge in [-0.2, -0.15) is 0 Å². The van der Waals surface area contributed by atoms with Crippen LogP contribution in [0.1, 0.15) is 60.0 Å². The van der Waals surface area contributed by atoms with Crippen LogP contribution in [0.3, 0.4) is 0 Å². The van der Waals surface area contributed by atoms with E-state index in [1.54, 1.807) is 13.8 Å². The molecule has 8 heteroatoms. The molecule has 0 spiro atoms. The lowest BCUT2D eigenvalue weighted by molar-refractivity contribution is -0.153. The summed E-state index contributed by atoms with van der Waals surface area (Å²) >= 11 is 1.42. The fraction of sp³-hybridized carbons (Fsp3) is 0.423. The number of aromatic nitrogens is 1. The van der Waals surface area contributed by atoms with Crippen molar-refractivity contribution in [2.45, 2.75) is 59.0 Å². The third-order valence-electron chi connectivity index (χ3n) is 6.18. The molecule has 34 heavy (non-hydrogen) atoms. The first-order chi connectivity index (χ1) is 16.4. The summed E-state index contributed by atoms with van der Waals surface area (Å²) in [6, 6.07) is 7.90. The number of ether oxygens (including phenoxy) is 2. The second-order valence-corrected chi connectivity index (χ2v) is 9.86. The molecule has 180 valence electrons. The maximum absolute atomic E-state index is 12.8. The van der Waals surface area contributed by atoms with Crippen molar-refractivity contribution < 1.29 is 23.9 Å². The number of fused-ring (bicyclic) bond motifs is 2. The first-order valence-corrected chi connectivity index (χ1v) is 12.6. The van der Waals surface area contributed by atoms with Gasteiger partial charge in [0.25, 0.3) is 5.91 Å². The summed E-state index contributed by atoms with van der Waals surface area (Å²) < 4.78 is 10.6. The van der Waals surface area contributed by atoms with Gasteiger partial charge in [-0.3, -0.25) is 9.59 Å². The van der Waals surface area contributed by atoms with Crippen molar-refractivity contribution in [3.8, 4) is 0 Å². The number of benzene rings is 1. The standard InChI is InChI=1S/C26H30N2O5S/c1-4-32-26(31)23-19-11-9-15(2)13-21(19)34-25(23)28-24(30)16(3)33-22(29)12-10-17-14-27-20-8-6-5-7-18(17)20/h5-8,14-16,27H,4,9-13H2,1-3H3,(H,28,30)/t15-,16+/m1/s1. The van der Waals surface area contributed by atoms with Crippen molar-refractivity contribution in [2.24, 2.45) is 5.92 Å². The van der Waals surface area contributed by atoms with Crippen LogP contribution in [-0.4, -0.2) is 35.5 Å². The van der Waals surface area contributed by atoms with E-state index in [0.29, 0.717) is 22.9 Å². The van der Waals surface area contributed by atoms with E-state index in [0.717, 1.165) is 46.2 Å². The monoisotopic (exact) mass is 482 g/mol. The zero-order valence-electron chi connectivity index (χ0n) is 19.7. The second-order valence-electron chi connectivity index (χ2n) is 8.76. The van der Waals surface area contributed by atoms with E-state index >= 15 is 0 Å². The largest absolute Gasteiger partial charge is 0.462 e. The summed E-state index contributed by atoms with van der Waals surface area (Å²) in [5, 5.41) is 4.37. The van der Waals surface area contributed by atoms with Gasteiger partial charge in [-0.1, -0.05) is 25.1 Å². The predicted molar refractivity (Wildman–Crippen MR) is 132 cm³/mol. The average molecular weight is 483 g/mol. The maximum atomic E-state index is 12.8. The van der Waals surface area contributed by atoms with Crippen molar-refractivity contribution in [3.63, 3.8) is 0 Å². The summed E-state index contributed by atoms with van der Waals surface area (Å²) in [5.41, 5.74) is 3.46. The molecule has 1 aliphatic rings. The topological polar surface area (TPSA) is 97.5 Å². The highest BCUT2D eigenvalue weighted by atomic mass is 32.1. The van der Waals surface area contributed by atoms with E-state index in [2.05, 4.69) is 17.2 Å². The molecule has 2 aromatic heterocycles. The highest BCUT2D eigenvalue weighted by Crippen LogP contribution is 2.40. The molecule has 0 unspecified atom stereocenters. The molecule has 7 nitrogen and oxygen atoms in total. The Morgan fingerprint density at radius 3 is 2.85 bits per heavy atom. The minimum absolute atomic E-state index is 0.165. The number of amides is 1. The van der Waals surface area contributed by atoms with Crippen LogP contribution in [0, 0.1) is 5.92 Å². The van der Waals surface area contributed by atoms with E-state index in [1.807, 2.05) is 30.5 Å². The smallest absolute Gasteiger partial charge is 0.341 e. The van der Waals surface area contributed by atoms with Gasteiger partial charge in [-0.25, -0.2) is 4.79 Å². The predicted octanol–water partition coefficient (Wildman–Crippen LogP) is 5.03. The Kier molecular flexibility index (Phi) is 7.36. The number of rotatable bonds is 8. The van der Waals surface area contributed by atoms with Crippen molar-refractivity contribution in [1.82, 2.24) is 4.98 Å². The van der Waals surface area contributed by atoms with Gasteiger partial charge >= 0.3 is 11.9 Å². The van der Waals surface area contributed by atoms with Crippen LogP contribution in [0.4, 0.5) is 5.00 Å². The number of para-hydroxylation sites is 1. The van der Waals surface area contributed by atoms with E-state index in [-0.39, 0.29) is 13.0 Å². The molecule has 4 rings (SSSR count). The quantitative estimate of drug-likeness (QED) is 0.439. The minimum atomic E-state index is -0.983. The molecule has 3 aromatic rings. The van der Waals surface area contributed by atoms with Gasteiger partial charge in [0.1, 0.15) is 5.00 Å². The molecule has 1 aliphatic carbocycles. The zero-order valence-corrected chi connectivity index (χ0v) is 20.6. The Hall–Kier alpha value is -3.13. The molecular weight excluding hydrogens is 452 g/mol. The van der Waals surface area contributed by atoms with Crippen LogP contribution in [0.5, 0.6) is 0 Å². The number of aryl methyl sites for hydroxylation is 1. The van der Waals surface area contributed by atoms with E-state index < -0.39 is 23.9 Å². The number of H-pyrrole nitrogens is 1. The van der Waals surface area contributed by atoms with Gasteiger partial charge in [-0.05, 0) is 62.6 Å². The molecule has 1 aromatic carbocycles. The highest BCUT2D eigenvalue weighted by molar-refractivity contribution is 7.17. The number of aromatic amines is 1. The molecule has 0 saturated carbocycles. The first-order valence-electron chi connectivity index (χ1n) is 11.7. The molecule has 2 N–H and O–H groups in total. The zero-order chi connectivity index (χ0) is 24.2. The second kappa shape index (κ2) is 10.4. The SMILES string of the molecule is CCOC(=O)c1c(NC(=O)[C@H](C)OC(=O)CCc2c[nH]c3ccccc23)sc2c1CC[C@@H](C)C2. The number of carbonyl (C=O) groups is 3. The lowest BCUT2D eigenvalue weighted by Crippen LogP contribution is -2.30. The van der Waals surface area contributed by atoms with Crippen LogP contribution in [0.15, 0.2) is 30.5 Å². The Morgan fingerprint density at radius 2 is 2.06 bits per heavy atom. The summed E-state index contributed by atoms with van der Waals surface area (Å²) in [6.45, 7) is 5.74. The van der Waals surface area contributed by atoms with Crippen molar-refractivity contribution in [2.75, 3.05) is 11.9 Å². The Morgan fingerprint density at radius 1 is 1.26 bits per heavy atom. The number of anilines is 1. The summed E-state index contributed by atoms with van der Waals surface area (Å²) in [7, 11) is 0. The van der Waals surface area contributed by atoms with Crippen LogP contribution in [-0.2, 0) is 38.3 Å².